The van der Waals surface area contributed by atoms with E-state index in [0.29, 0.717) is 11.1 Å². The number of amides is 1. The number of nitrogens with zero attached hydrogens (tertiary/aromatic N) is 1. The molecule has 0 aliphatic carbocycles. The summed E-state index contributed by atoms with van der Waals surface area (Å²) < 4.78 is 4.73. The molecule has 1 aliphatic heterocycles. The number of ketones is 1. The van der Waals surface area contributed by atoms with Crippen LogP contribution in [0.3, 0.4) is 0 Å². The van der Waals surface area contributed by atoms with Crippen molar-refractivity contribution in [2.24, 2.45) is 5.41 Å². The second-order valence-electron chi connectivity index (χ2n) is 8.28. The number of esters is 1. The average molecular weight is 407 g/mol. The summed E-state index contributed by atoms with van der Waals surface area (Å²) in [6, 6.07) is 15.1. The number of hydrogen-bond donors (Lipinski definition) is 1. The first-order valence-corrected chi connectivity index (χ1v) is 9.66. The molecule has 2 aromatic rings. The minimum Gasteiger partial charge on any atom is -0.503 e. The first-order valence-electron chi connectivity index (χ1n) is 9.66. The van der Waals surface area contributed by atoms with Crippen molar-refractivity contribution in [3.63, 3.8) is 0 Å². The zero-order chi connectivity index (χ0) is 22.1. The number of methoxy groups -OCH3 is 1. The van der Waals surface area contributed by atoms with E-state index in [9.17, 15) is 19.5 Å². The molecule has 6 nitrogen and oxygen atoms in total. The maximum atomic E-state index is 13.2. The fraction of sp³-hybridized carbons (Fsp3) is 0.292. The SMILES string of the molecule is COC(=O)c1ccc(C2C(C(=O)C(C)(C)C)=C(O)C(=O)N2Cc2ccccc2)cc1. The molecule has 1 atom stereocenters. The Morgan fingerprint density at radius 3 is 2.17 bits per heavy atom. The molecule has 1 N–H and O–H groups in total. The van der Waals surface area contributed by atoms with Gasteiger partial charge in [0.2, 0.25) is 0 Å². The zero-order valence-corrected chi connectivity index (χ0v) is 17.5. The molecule has 3 rings (SSSR count). The van der Waals surface area contributed by atoms with E-state index in [4.69, 9.17) is 4.74 Å². The number of hydrogen-bond acceptors (Lipinski definition) is 5. The van der Waals surface area contributed by atoms with Gasteiger partial charge >= 0.3 is 5.97 Å². The molecule has 2 aromatic carbocycles. The Labute approximate surface area is 175 Å². The van der Waals surface area contributed by atoms with E-state index in [1.54, 1.807) is 45.0 Å². The minimum absolute atomic E-state index is 0.0780. The molecule has 0 spiro atoms. The molecule has 30 heavy (non-hydrogen) atoms. The smallest absolute Gasteiger partial charge is 0.337 e. The first kappa shape index (κ1) is 21.3. The van der Waals surface area contributed by atoms with E-state index < -0.39 is 29.1 Å². The predicted molar refractivity (Wildman–Crippen MR) is 112 cm³/mol. The maximum Gasteiger partial charge on any atom is 0.337 e. The van der Waals surface area contributed by atoms with Crippen LogP contribution in [0, 0.1) is 5.41 Å². The summed E-state index contributed by atoms with van der Waals surface area (Å²) in [5.41, 5.74) is 1.16. The van der Waals surface area contributed by atoms with Crippen molar-refractivity contribution in [1.29, 1.82) is 0 Å². The molecule has 0 aromatic heterocycles. The van der Waals surface area contributed by atoms with E-state index in [0.717, 1.165) is 5.56 Å². The lowest BCUT2D eigenvalue weighted by Crippen LogP contribution is -2.32. The fourth-order valence-corrected chi connectivity index (χ4v) is 3.50. The van der Waals surface area contributed by atoms with Crippen molar-refractivity contribution in [2.45, 2.75) is 33.4 Å². The molecule has 1 heterocycles. The minimum atomic E-state index is -0.781. The highest BCUT2D eigenvalue weighted by molar-refractivity contribution is 6.10. The summed E-state index contributed by atoms with van der Waals surface area (Å²) in [6.07, 6.45) is 0. The van der Waals surface area contributed by atoms with Crippen LogP contribution in [0.25, 0.3) is 0 Å². The number of rotatable bonds is 5. The molecule has 0 radical (unpaired) electrons. The van der Waals surface area contributed by atoms with Crippen LogP contribution in [-0.4, -0.2) is 34.8 Å². The van der Waals surface area contributed by atoms with Crippen LogP contribution in [0.15, 0.2) is 65.9 Å². The van der Waals surface area contributed by atoms with Gasteiger partial charge in [-0.2, -0.15) is 0 Å². The number of aliphatic hydroxyl groups excluding tert-OH is 1. The van der Waals surface area contributed by atoms with Gasteiger partial charge in [0.25, 0.3) is 5.91 Å². The van der Waals surface area contributed by atoms with Gasteiger partial charge < -0.3 is 14.7 Å². The monoisotopic (exact) mass is 407 g/mol. The van der Waals surface area contributed by atoms with Gasteiger partial charge in [0, 0.05) is 12.0 Å². The van der Waals surface area contributed by atoms with Crippen LogP contribution in [0.2, 0.25) is 0 Å². The molecule has 0 bridgehead atoms. The van der Waals surface area contributed by atoms with Crippen molar-refractivity contribution in [3.8, 4) is 0 Å². The molecule has 0 saturated carbocycles. The summed E-state index contributed by atoms with van der Waals surface area (Å²) in [6.45, 7) is 5.47. The normalized spacial score (nSPS) is 16.7. The molecule has 1 amide bonds. The van der Waals surface area contributed by atoms with Gasteiger partial charge in [-0.3, -0.25) is 9.59 Å². The van der Waals surface area contributed by atoms with Crippen LogP contribution in [0.5, 0.6) is 0 Å². The topological polar surface area (TPSA) is 83.9 Å². The second-order valence-corrected chi connectivity index (χ2v) is 8.28. The Balaban J connectivity index is 2.08. The molecule has 156 valence electrons. The summed E-state index contributed by atoms with van der Waals surface area (Å²) in [7, 11) is 1.30. The number of Topliss-reactive ketones (excluding diaryl/α,β-unsaturated/α-hetero) is 1. The lowest BCUT2D eigenvalue weighted by Gasteiger charge is -2.29. The molecule has 0 fully saturated rings. The van der Waals surface area contributed by atoms with Gasteiger partial charge in [0.15, 0.2) is 11.5 Å². The van der Waals surface area contributed by atoms with Gasteiger partial charge in [-0.1, -0.05) is 63.2 Å². The number of benzene rings is 2. The lowest BCUT2D eigenvalue weighted by atomic mass is 9.82. The van der Waals surface area contributed by atoms with Crippen molar-refractivity contribution in [2.75, 3.05) is 7.11 Å². The van der Waals surface area contributed by atoms with Gasteiger partial charge in [-0.05, 0) is 23.3 Å². The summed E-state index contributed by atoms with van der Waals surface area (Å²) in [5.74, 6) is -1.89. The van der Waals surface area contributed by atoms with E-state index >= 15 is 0 Å². The van der Waals surface area contributed by atoms with Crippen molar-refractivity contribution in [3.05, 3.63) is 82.6 Å². The number of aliphatic hydroxyl groups is 1. The highest BCUT2D eigenvalue weighted by Crippen LogP contribution is 2.41. The fourth-order valence-electron chi connectivity index (χ4n) is 3.50. The van der Waals surface area contributed by atoms with E-state index in [2.05, 4.69) is 0 Å². The maximum absolute atomic E-state index is 13.2. The van der Waals surface area contributed by atoms with Crippen molar-refractivity contribution < 1.29 is 24.2 Å². The Hall–Kier alpha value is -3.41. The van der Waals surface area contributed by atoms with Crippen LogP contribution in [-0.2, 0) is 20.9 Å². The van der Waals surface area contributed by atoms with Gasteiger partial charge in [0.05, 0.1) is 24.3 Å². The average Bonchev–Trinajstić information content (AvgIpc) is 2.97. The van der Waals surface area contributed by atoms with Crippen molar-refractivity contribution >= 4 is 17.7 Å². The molecular weight excluding hydrogens is 382 g/mol. The highest BCUT2D eigenvalue weighted by Gasteiger charge is 2.45. The first-order chi connectivity index (χ1) is 14.1. The van der Waals surface area contributed by atoms with E-state index in [1.807, 2.05) is 30.3 Å². The Kier molecular flexibility index (Phi) is 5.78. The highest BCUT2D eigenvalue weighted by atomic mass is 16.5. The Morgan fingerprint density at radius 2 is 1.63 bits per heavy atom. The number of carbonyl (C=O) groups excluding carboxylic acids is 3. The lowest BCUT2D eigenvalue weighted by molar-refractivity contribution is -0.130. The van der Waals surface area contributed by atoms with Crippen LogP contribution < -0.4 is 0 Å². The van der Waals surface area contributed by atoms with Crippen LogP contribution >= 0.6 is 0 Å². The summed E-state index contributed by atoms with van der Waals surface area (Å²) in [4.78, 5) is 39.4. The molecular formula is C24H25NO5. The van der Waals surface area contributed by atoms with Crippen molar-refractivity contribution in [1.82, 2.24) is 4.90 Å². The second kappa shape index (κ2) is 8.14. The summed E-state index contributed by atoms with van der Waals surface area (Å²) >= 11 is 0. The molecule has 0 saturated heterocycles. The zero-order valence-electron chi connectivity index (χ0n) is 17.5. The summed E-state index contributed by atoms with van der Waals surface area (Å²) in [5, 5.41) is 10.6. The molecule has 1 unspecified atom stereocenters. The molecule has 6 heteroatoms. The third-order valence-corrected chi connectivity index (χ3v) is 5.07. The Bertz CT molecular complexity index is 1000. The predicted octanol–water partition coefficient (Wildman–Crippen LogP) is 3.98. The molecule has 1 aliphatic rings. The van der Waals surface area contributed by atoms with E-state index in [-0.39, 0.29) is 17.9 Å². The van der Waals surface area contributed by atoms with Crippen LogP contribution in [0.4, 0.5) is 0 Å². The Morgan fingerprint density at radius 1 is 1.03 bits per heavy atom. The van der Waals surface area contributed by atoms with Gasteiger partial charge in [-0.15, -0.1) is 0 Å². The van der Waals surface area contributed by atoms with Crippen LogP contribution in [0.1, 0.15) is 48.3 Å². The van der Waals surface area contributed by atoms with Gasteiger partial charge in [-0.25, -0.2) is 4.79 Å². The third-order valence-electron chi connectivity index (χ3n) is 5.07. The van der Waals surface area contributed by atoms with E-state index in [1.165, 1.54) is 12.0 Å². The standard InChI is InChI=1S/C24H25NO5/c1-24(2,3)21(27)18-19(16-10-12-17(13-11-16)23(29)30-4)25(22(28)20(18)26)14-15-8-6-5-7-9-15/h5-13,19,26H,14H2,1-4H3. The third kappa shape index (κ3) is 3.99. The van der Waals surface area contributed by atoms with Gasteiger partial charge in [0.1, 0.15) is 0 Å². The largest absolute Gasteiger partial charge is 0.503 e. The number of ether oxygens (including phenoxy) is 1. The number of carbonyl (C=O) groups is 3. The quantitative estimate of drug-likeness (QED) is 0.758.